The molecule has 0 unspecified atom stereocenters. The maximum Gasteiger partial charge on any atom is 0.296 e. The maximum absolute atomic E-state index is 10.7. The summed E-state index contributed by atoms with van der Waals surface area (Å²) in [6, 6.07) is 16.1. The van der Waals surface area contributed by atoms with Gasteiger partial charge in [-0.25, -0.2) is 5.43 Å². The molecule has 116 valence electrons. The van der Waals surface area contributed by atoms with Gasteiger partial charge in [-0.15, -0.1) is 4.68 Å². The Morgan fingerprint density at radius 2 is 1.74 bits per heavy atom. The van der Waals surface area contributed by atoms with Gasteiger partial charge in [0, 0.05) is 31.1 Å². The van der Waals surface area contributed by atoms with Crippen molar-refractivity contribution in [1.82, 2.24) is 9.78 Å². The standard InChI is InChI=1S/C16H16N5O2/c1-12-17-20(15-6-4-3-5-7-15)13(2)19(12)18-14-8-10-16(11-9-14)21(22)23/h3-11,18H,1-2H3/q+1. The number of aromatic nitrogens is 3. The Balaban J connectivity index is 1.92. The Morgan fingerprint density at radius 1 is 1.09 bits per heavy atom. The molecule has 1 N–H and O–H groups in total. The van der Waals surface area contributed by atoms with Crippen LogP contribution in [0.15, 0.2) is 54.6 Å². The van der Waals surface area contributed by atoms with Gasteiger partial charge < -0.3 is 0 Å². The van der Waals surface area contributed by atoms with Gasteiger partial charge in [-0.3, -0.25) is 10.1 Å². The first-order valence-corrected chi connectivity index (χ1v) is 7.11. The van der Waals surface area contributed by atoms with Gasteiger partial charge in [0.15, 0.2) is 0 Å². The molecule has 3 rings (SSSR count). The van der Waals surface area contributed by atoms with E-state index in [9.17, 15) is 10.1 Å². The van der Waals surface area contributed by atoms with E-state index >= 15 is 0 Å². The fraction of sp³-hybridized carbons (Fsp3) is 0.125. The van der Waals surface area contributed by atoms with Crippen molar-refractivity contribution in [3.05, 3.63) is 76.4 Å². The molecule has 0 spiro atoms. The number of nitrogens with zero attached hydrogens (tertiary/aromatic N) is 4. The van der Waals surface area contributed by atoms with Crippen molar-refractivity contribution in [3.63, 3.8) is 0 Å². The van der Waals surface area contributed by atoms with Crippen LogP contribution in [0.5, 0.6) is 0 Å². The molecule has 0 radical (unpaired) electrons. The van der Waals surface area contributed by atoms with Crippen LogP contribution in [-0.4, -0.2) is 14.7 Å². The largest absolute Gasteiger partial charge is 0.296 e. The van der Waals surface area contributed by atoms with Crippen LogP contribution in [0.4, 0.5) is 11.4 Å². The number of hydrogen-bond acceptors (Lipinski definition) is 4. The number of non-ortho nitro benzene ring substituents is 1. The van der Waals surface area contributed by atoms with Crippen molar-refractivity contribution >= 4 is 11.4 Å². The molecule has 0 aliphatic rings. The number of nitro benzene ring substituents is 1. The van der Waals surface area contributed by atoms with Gasteiger partial charge in [0.05, 0.1) is 10.6 Å². The molecule has 0 bridgehead atoms. The summed E-state index contributed by atoms with van der Waals surface area (Å²) < 4.78 is 3.68. The van der Waals surface area contributed by atoms with Gasteiger partial charge in [-0.2, -0.15) is 0 Å². The lowest BCUT2D eigenvalue weighted by Crippen LogP contribution is -2.46. The van der Waals surface area contributed by atoms with E-state index in [-0.39, 0.29) is 5.69 Å². The molecule has 0 aliphatic heterocycles. The Bertz CT molecular complexity index is 841. The summed E-state index contributed by atoms with van der Waals surface area (Å²) in [5, 5.41) is 15.2. The number of rotatable bonds is 4. The number of anilines is 1. The number of benzene rings is 2. The summed E-state index contributed by atoms with van der Waals surface area (Å²) in [5.41, 5.74) is 4.99. The van der Waals surface area contributed by atoms with Crippen molar-refractivity contribution in [2.75, 3.05) is 5.43 Å². The van der Waals surface area contributed by atoms with Crippen LogP contribution in [0.3, 0.4) is 0 Å². The van der Waals surface area contributed by atoms with E-state index in [0.717, 1.165) is 23.0 Å². The zero-order valence-corrected chi connectivity index (χ0v) is 12.8. The highest BCUT2D eigenvalue weighted by Crippen LogP contribution is 2.15. The molecule has 2 aromatic carbocycles. The molecular weight excluding hydrogens is 294 g/mol. The Hall–Kier alpha value is -3.22. The van der Waals surface area contributed by atoms with Gasteiger partial charge in [-0.05, 0) is 24.3 Å². The van der Waals surface area contributed by atoms with E-state index in [1.54, 1.807) is 12.1 Å². The fourth-order valence-electron chi connectivity index (χ4n) is 2.35. The third kappa shape index (κ3) is 2.89. The average Bonchev–Trinajstić information content (AvgIpc) is 2.84. The highest BCUT2D eigenvalue weighted by Gasteiger charge is 2.21. The van der Waals surface area contributed by atoms with Crippen LogP contribution >= 0.6 is 0 Å². The highest BCUT2D eigenvalue weighted by atomic mass is 16.6. The number of nitro groups is 1. The average molecular weight is 310 g/mol. The SMILES string of the molecule is Cc1nn(-c2ccccc2)c(C)[n+]1Nc1ccc([N+](=O)[O-])cc1. The van der Waals surface area contributed by atoms with Crippen LogP contribution in [-0.2, 0) is 0 Å². The minimum Gasteiger partial charge on any atom is -0.258 e. The number of para-hydroxylation sites is 1. The Kier molecular flexibility index (Phi) is 3.76. The molecule has 7 heteroatoms. The molecular formula is C16H16N5O2+. The van der Waals surface area contributed by atoms with E-state index in [2.05, 4.69) is 10.5 Å². The van der Waals surface area contributed by atoms with E-state index in [0.29, 0.717) is 0 Å². The highest BCUT2D eigenvalue weighted by molar-refractivity contribution is 5.46. The quantitative estimate of drug-likeness (QED) is 0.456. The summed E-state index contributed by atoms with van der Waals surface area (Å²) in [7, 11) is 0. The minimum atomic E-state index is -0.416. The fourth-order valence-corrected chi connectivity index (χ4v) is 2.35. The molecule has 23 heavy (non-hydrogen) atoms. The lowest BCUT2D eigenvalue weighted by atomic mass is 10.3. The second-order valence-corrected chi connectivity index (χ2v) is 5.09. The van der Waals surface area contributed by atoms with Crippen LogP contribution in [0, 0.1) is 24.0 Å². The predicted octanol–water partition coefficient (Wildman–Crippen LogP) is 2.56. The molecule has 0 fully saturated rings. The summed E-state index contributed by atoms with van der Waals surface area (Å²) in [6.45, 7) is 3.84. The predicted molar refractivity (Wildman–Crippen MR) is 85.4 cm³/mol. The summed E-state index contributed by atoms with van der Waals surface area (Å²) >= 11 is 0. The van der Waals surface area contributed by atoms with Crippen LogP contribution in [0.25, 0.3) is 5.69 Å². The lowest BCUT2D eigenvalue weighted by Gasteiger charge is -2.04. The second kappa shape index (κ2) is 5.88. The number of aryl methyl sites for hydroxylation is 1. The summed E-state index contributed by atoms with van der Waals surface area (Å²) in [4.78, 5) is 10.3. The maximum atomic E-state index is 10.7. The molecule has 0 saturated carbocycles. The number of hydrogen-bond donors (Lipinski definition) is 1. The molecule has 0 atom stereocenters. The summed E-state index contributed by atoms with van der Waals surface area (Å²) in [5.74, 6) is 1.68. The van der Waals surface area contributed by atoms with E-state index in [1.165, 1.54) is 12.1 Å². The van der Waals surface area contributed by atoms with Gasteiger partial charge in [-0.1, -0.05) is 22.9 Å². The zero-order chi connectivity index (χ0) is 16.4. The van der Waals surface area contributed by atoms with Gasteiger partial charge >= 0.3 is 0 Å². The van der Waals surface area contributed by atoms with Crippen LogP contribution < -0.4 is 10.1 Å². The Labute approximate surface area is 132 Å². The lowest BCUT2D eigenvalue weighted by molar-refractivity contribution is -0.656. The Morgan fingerprint density at radius 3 is 2.35 bits per heavy atom. The van der Waals surface area contributed by atoms with Gasteiger partial charge in [0.25, 0.3) is 17.3 Å². The summed E-state index contributed by atoms with van der Waals surface area (Å²) in [6.07, 6.45) is 0. The van der Waals surface area contributed by atoms with E-state index in [1.807, 2.05) is 53.5 Å². The molecule has 0 saturated heterocycles. The first-order chi connectivity index (χ1) is 11.1. The van der Waals surface area contributed by atoms with E-state index in [4.69, 9.17) is 0 Å². The third-order valence-corrected chi connectivity index (χ3v) is 3.52. The number of nitrogens with one attached hydrogen (secondary N) is 1. The van der Waals surface area contributed by atoms with Crippen LogP contribution in [0.2, 0.25) is 0 Å². The third-order valence-electron chi connectivity index (χ3n) is 3.52. The van der Waals surface area contributed by atoms with Crippen molar-refractivity contribution < 1.29 is 9.60 Å². The smallest absolute Gasteiger partial charge is 0.258 e. The van der Waals surface area contributed by atoms with Gasteiger partial charge in [0.1, 0.15) is 5.69 Å². The molecule has 0 amide bonds. The monoisotopic (exact) mass is 310 g/mol. The second-order valence-electron chi connectivity index (χ2n) is 5.09. The normalized spacial score (nSPS) is 10.5. The van der Waals surface area contributed by atoms with Crippen molar-refractivity contribution in [3.8, 4) is 5.69 Å². The van der Waals surface area contributed by atoms with Gasteiger partial charge in [0.2, 0.25) is 0 Å². The van der Waals surface area contributed by atoms with Crippen molar-refractivity contribution in [2.24, 2.45) is 0 Å². The topological polar surface area (TPSA) is 76.9 Å². The minimum absolute atomic E-state index is 0.0639. The first kappa shape index (κ1) is 14.7. The molecule has 3 aromatic rings. The first-order valence-electron chi connectivity index (χ1n) is 7.11. The molecule has 0 aliphatic carbocycles. The van der Waals surface area contributed by atoms with Crippen molar-refractivity contribution in [1.29, 1.82) is 0 Å². The van der Waals surface area contributed by atoms with E-state index < -0.39 is 4.92 Å². The molecule has 7 nitrogen and oxygen atoms in total. The molecule has 1 aromatic heterocycles. The van der Waals surface area contributed by atoms with Crippen LogP contribution in [0.1, 0.15) is 11.6 Å². The molecule has 1 heterocycles. The van der Waals surface area contributed by atoms with Crippen molar-refractivity contribution in [2.45, 2.75) is 13.8 Å². The zero-order valence-electron chi connectivity index (χ0n) is 12.8.